The molecule has 1 heterocycles. The molecule has 0 aliphatic rings. The van der Waals surface area contributed by atoms with E-state index in [0.29, 0.717) is 23.4 Å². The van der Waals surface area contributed by atoms with Crippen molar-refractivity contribution < 1.29 is 18.3 Å². The predicted octanol–water partition coefficient (Wildman–Crippen LogP) is 2.93. The van der Waals surface area contributed by atoms with Crippen molar-refractivity contribution >= 4 is 5.91 Å². The van der Waals surface area contributed by atoms with E-state index in [0.717, 1.165) is 19.3 Å². The average molecular weight is 352 g/mol. The van der Waals surface area contributed by atoms with Gasteiger partial charge in [-0.2, -0.15) is 13.9 Å². The van der Waals surface area contributed by atoms with Crippen LogP contribution in [0.1, 0.15) is 36.5 Å². The summed E-state index contributed by atoms with van der Waals surface area (Å²) < 4.78 is 29.1. The first-order valence-corrected chi connectivity index (χ1v) is 8.14. The smallest absolute Gasteiger partial charge is 0.387 e. The Hall–Kier alpha value is -2.48. The maximum absolute atomic E-state index is 12.5. The number of hydrogen-bond acceptors (Lipinski definition) is 4. The van der Waals surface area contributed by atoms with Crippen molar-refractivity contribution in [1.29, 1.82) is 0 Å². The van der Waals surface area contributed by atoms with Crippen LogP contribution >= 0.6 is 0 Å². The van der Waals surface area contributed by atoms with Gasteiger partial charge in [0.05, 0.1) is 17.5 Å². The normalized spacial score (nSPS) is 12.2. The Labute approximate surface area is 144 Å². The Morgan fingerprint density at radius 3 is 2.92 bits per heavy atom. The lowest BCUT2D eigenvalue weighted by molar-refractivity contribution is -0.0498. The van der Waals surface area contributed by atoms with Crippen molar-refractivity contribution in [3.05, 3.63) is 36.0 Å². The lowest BCUT2D eigenvalue weighted by atomic mass is 10.1. The van der Waals surface area contributed by atoms with Gasteiger partial charge in [-0.25, -0.2) is 0 Å². The molecule has 6 nitrogen and oxygen atoms in total. The van der Waals surface area contributed by atoms with Gasteiger partial charge >= 0.3 is 6.61 Å². The van der Waals surface area contributed by atoms with Crippen LogP contribution in [-0.2, 0) is 0 Å². The molecule has 1 aromatic heterocycles. The van der Waals surface area contributed by atoms with E-state index in [1.54, 1.807) is 12.1 Å². The van der Waals surface area contributed by atoms with Crippen molar-refractivity contribution in [2.24, 2.45) is 5.73 Å². The van der Waals surface area contributed by atoms with Crippen LogP contribution in [0.2, 0.25) is 0 Å². The SMILES string of the molecule is CCCCC(CN)NC(=O)c1cn[nH]c1-c1cccc(OC(F)F)c1. The van der Waals surface area contributed by atoms with Gasteiger partial charge in [0.1, 0.15) is 5.75 Å². The van der Waals surface area contributed by atoms with Crippen LogP contribution in [0, 0.1) is 0 Å². The van der Waals surface area contributed by atoms with Crippen LogP contribution in [0.4, 0.5) is 8.78 Å². The fourth-order valence-electron chi connectivity index (χ4n) is 2.47. The van der Waals surface area contributed by atoms with Gasteiger partial charge < -0.3 is 15.8 Å². The zero-order valence-corrected chi connectivity index (χ0v) is 14.0. The number of alkyl halides is 2. The largest absolute Gasteiger partial charge is 0.435 e. The standard InChI is InChI=1S/C17H22F2N4O2/c1-2-3-6-12(9-20)22-16(24)14-10-21-23-15(14)11-5-4-7-13(8-11)25-17(18)19/h4-5,7-8,10,12,17H,2-3,6,9,20H2,1H3,(H,21,23)(H,22,24). The summed E-state index contributed by atoms with van der Waals surface area (Å²) >= 11 is 0. The number of carbonyl (C=O) groups is 1. The number of benzene rings is 1. The van der Waals surface area contributed by atoms with Gasteiger partial charge in [-0.15, -0.1) is 0 Å². The lowest BCUT2D eigenvalue weighted by Gasteiger charge is -2.16. The van der Waals surface area contributed by atoms with E-state index in [9.17, 15) is 13.6 Å². The molecule has 2 rings (SSSR count). The molecular formula is C17H22F2N4O2. The summed E-state index contributed by atoms with van der Waals surface area (Å²) in [5, 5.41) is 9.52. The van der Waals surface area contributed by atoms with Crippen molar-refractivity contribution in [2.75, 3.05) is 6.54 Å². The number of aromatic amines is 1. The molecule has 0 aliphatic heterocycles. The highest BCUT2D eigenvalue weighted by atomic mass is 19.3. The van der Waals surface area contributed by atoms with Crippen molar-refractivity contribution in [3.8, 4) is 17.0 Å². The van der Waals surface area contributed by atoms with E-state index in [1.807, 2.05) is 0 Å². The summed E-state index contributed by atoms with van der Waals surface area (Å²) in [6, 6.07) is 5.97. The number of ether oxygens (including phenoxy) is 1. The Morgan fingerprint density at radius 1 is 1.44 bits per heavy atom. The number of nitrogens with one attached hydrogen (secondary N) is 2. The quantitative estimate of drug-likeness (QED) is 0.647. The summed E-state index contributed by atoms with van der Waals surface area (Å²) in [6.07, 6.45) is 4.18. The number of rotatable bonds is 9. The third-order valence-corrected chi connectivity index (χ3v) is 3.76. The number of nitrogens with zero attached hydrogens (tertiary/aromatic N) is 1. The van der Waals surface area contributed by atoms with Crippen LogP contribution in [-0.4, -0.2) is 35.3 Å². The third-order valence-electron chi connectivity index (χ3n) is 3.76. The van der Waals surface area contributed by atoms with Gasteiger partial charge in [-0.1, -0.05) is 31.9 Å². The number of nitrogens with two attached hydrogens (primary N) is 1. The third kappa shape index (κ3) is 5.25. The fourth-order valence-corrected chi connectivity index (χ4v) is 2.47. The highest BCUT2D eigenvalue weighted by Crippen LogP contribution is 2.26. The molecule has 1 unspecified atom stereocenters. The summed E-state index contributed by atoms with van der Waals surface area (Å²) in [6.45, 7) is -0.502. The Kier molecular flexibility index (Phi) is 6.88. The van der Waals surface area contributed by atoms with E-state index in [-0.39, 0.29) is 17.7 Å². The van der Waals surface area contributed by atoms with Gasteiger partial charge in [0.15, 0.2) is 0 Å². The zero-order chi connectivity index (χ0) is 18.2. The zero-order valence-electron chi connectivity index (χ0n) is 14.0. The highest BCUT2D eigenvalue weighted by molar-refractivity contribution is 6.00. The first-order valence-electron chi connectivity index (χ1n) is 8.14. The molecule has 2 aromatic rings. The van der Waals surface area contributed by atoms with Gasteiger partial charge in [-0.05, 0) is 18.6 Å². The van der Waals surface area contributed by atoms with Gasteiger partial charge in [0, 0.05) is 18.2 Å². The van der Waals surface area contributed by atoms with Crippen LogP contribution in [0.3, 0.4) is 0 Å². The monoisotopic (exact) mass is 352 g/mol. The number of unbranched alkanes of at least 4 members (excludes halogenated alkanes) is 1. The van der Waals surface area contributed by atoms with Crippen molar-refractivity contribution in [3.63, 3.8) is 0 Å². The second-order valence-electron chi connectivity index (χ2n) is 5.61. The first-order chi connectivity index (χ1) is 12.0. The summed E-state index contributed by atoms with van der Waals surface area (Å²) in [5.41, 5.74) is 6.99. The number of amides is 1. The molecule has 0 bridgehead atoms. The molecule has 0 saturated heterocycles. The molecule has 136 valence electrons. The van der Waals surface area contributed by atoms with Crippen LogP contribution in [0.25, 0.3) is 11.3 Å². The Balaban J connectivity index is 2.18. The van der Waals surface area contributed by atoms with E-state index in [2.05, 4.69) is 27.2 Å². The predicted molar refractivity (Wildman–Crippen MR) is 90.5 cm³/mol. The summed E-state index contributed by atoms with van der Waals surface area (Å²) in [7, 11) is 0. The molecule has 1 amide bonds. The molecule has 8 heteroatoms. The lowest BCUT2D eigenvalue weighted by Crippen LogP contribution is -2.40. The Morgan fingerprint density at radius 2 is 2.24 bits per heavy atom. The second kappa shape index (κ2) is 9.12. The molecule has 0 spiro atoms. The molecule has 0 saturated carbocycles. The van der Waals surface area contributed by atoms with Crippen LogP contribution in [0.15, 0.2) is 30.5 Å². The molecule has 0 aliphatic carbocycles. The molecule has 4 N–H and O–H groups in total. The topological polar surface area (TPSA) is 93.0 Å². The van der Waals surface area contributed by atoms with Gasteiger partial charge in [0.2, 0.25) is 0 Å². The van der Waals surface area contributed by atoms with Crippen LogP contribution < -0.4 is 15.8 Å². The van der Waals surface area contributed by atoms with E-state index in [1.165, 1.54) is 18.3 Å². The maximum atomic E-state index is 12.5. The number of aromatic nitrogens is 2. The minimum Gasteiger partial charge on any atom is -0.435 e. The minimum atomic E-state index is -2.91. The molecular weight excluding hydrogens is 330 g/mol. The van der Waals surface area contributed by atoms with E-state index in [4.69, 9.17) is 5.73 Å². The molecule has 1 aromatic carbocycles. The van der Waals surface area contributed by atoms with Crippen molar-refractivity contribution in [1.82, 2.24) is 15.5 Å². The summed E-state index contributed by atoms with van der Waals surface area (Å²) in [4.78, 5) is 12.5. The number of carbonyl (C=O) groups excluding carboxylic acids is 1. The van der Waals surface area contributed by atoms with Gasteiger partial charge in [0.25, 0.3) is 5.91 Å². The average Bonchev–Trinajstić information content (AvgIpc) is 3.08. The fraction of sp³-hybridized carbons (Fsp3) is 0.412. The number of H-pyrrole nitrogens is 1. The van der Waals surface area contributed by atoms with Crippen molar-refractivity contribution in [2.45, 2.75) is 38.8 Å². The number of halogens is 2. The van der Waals surface area contributed by atoms with Gasteiger partial charge in [-0.3, -0.25) is 9.89 Å². The first kappa shape index (κ1) is 18.9. The second-order valence-corrected chi connectivity index (χ2v) is 5.61. The van der Waals surface area contributed by atoms with E-state index < -0.39 is 6.61 Å². The van der Waals surface area contributed by atoms with Crippen LogP contribution in [0.5, 0.6) is 5.75 Å². The molecule has 25 heavy (non-hydrogen) atoms. The van der Waals surface area contributed by atoms with E-state index >= 15 is 0 Å². The maximum Gasteiger partial charge on any atom is 0.387 e. The number of hydrogen-bond donors (Lipinski definition) is 3. The molecule has 1 atom stereocenters. The molecule has 0 radical (unpaired) electrons. The Bertz CT molecular complexity index is 691. The molecule has 0 fully saturated rings. The highest BCUT2D eigenvalue weighted by Gasteiger charge is 2.18. The summed E-state index contributed by atoms with van der Waals surface area (Å²) in [5.74, 6) is -0.299. The minimum absolute atomic E-state index is 0.0104.